The summed E-state index contributed by atoms with van der Waals surface area (Å²) in [7, 11) is 1.70. The lowest BCUT2D eigenvalue weighted by Gasteiger charge is -2.15. The first kappa shape index (κ1) is 13.6. The highest BCUT2D eigenvalue weighted by molar-refractivity contribution is 5.38. The van der Waals surface area contributed by atoms with Crippen molar-refractivity contribution in [2.45, 2.75) is 26.3 Å². The van der Waals surface area contributed by atoms with Crippen molar-refractivity contribution in [1.82, 2.24) is 0 Å². The molecule has 1 unspecified atom stereocenters. The van der Waals surface area contributed by atoms with Gasteiger partial charge >= 0.3 is 0 Å². The number of methoxy groups -OCH3 is 1. The molecular formula is C17H21NO. The van der Waals surface area contributed by atoms with E-state index in [1.807, 2.05) is 6.07 Å². The lowest BCUT2D eigenvalue weighted by molar-refractivity contribution is 0.408. The molecule has 0 bridgehead atoms. The van der Waals surface area contributed by atoms with Gasteiger partial charge in [-0.05, 0) is 37.5 Å². The third-order valence-electron chi connectivity index (χ3n) is 3.38. The van der Waals surface area contributed by atoms with Gasteiger partial charge in [0.1, 0.15) is 5.75 Å². The Morgan fingerprint density at radius 3 is 2.26 bits per heavy atom. The normalized spacial score (nSPS) is 12.2. The van der Waals surface area contributed by atoms with Crippen LogP contribution in [0.1, 0.15) is 28.3 Å². The maximum Gasteiger partial charge on any atom is 0.122 e. The summed E-state index contributed by atoms with van der Waals surface area (Å²) in [5.41, 5.74) is 11.1. The van der Waals surface area contributed by atoms with Crippen molar-refractivity contribution in [2.75, 3.05) is 7.11 Å². The maximum atomic E-state index is 6.30. The van der Waals surface area contributed by atoms with Crippen LogP contribution >= 0.6 is 0 Å². The zero-order valence-corrected chi connectivity index (χ0v) is 11.8. The van der Waals surface area contributed by atoms with Crippen molar-refractivity contribution in [1.29, 1.82) is 0 Å². The van der Waals surface area contributed by atoms with Crippen LogP contribution in [0.15, 0.2) is 42.5 Å². The van der Waals surface area contributed by atoms with Gasteiger partial charge in [-0.15, -0.1) is 0 Å². The average molecular weight is 255 g/mol. The number of aryl methyl sites for hydroxylation is 2. The Hall–Kier alpha value is -1.80. The van der Waals surface area contributed by atoms with E-state index in [1.165, 1.54) is 11.1 Å². The minimum absolute atomic E-state index is 0.00343. The average Bonchev–Trinajstić information content (AvgIpc) is 2.39. The molecule has 0 amide bonds. The summed E-state index contributed by atoms with van der Waals surface area (Å²) < 4.78 is 5.40. The quantitative estimate of drug-likeness (QED) is 0.906. The highest BCUT2D eigenvalue weighted by Crippen LogP contribution is 2.25. The first-order valence-corrected chi connectivity index (χ1v) is 6.56. The second kappa shape index (κ2) is 5.89. The van der Waals surface area contributed by atoms with E-state index in [1.54, 1.807) is 7.11 Å². The van der Waals surface area contributed by atoms with Gasteiger partial charge in [0.25, 0.3) is 0 Å². The molecule has 0 heterocycles. The summed E-state index contributed by atoms with van der Waals surface area (Å²) in [5.74, 6) is 0.910. The minimum Gasteiger partial charge on any atom is -0.496 e. The lowest BCUT2D eigenvalue weighted by Crippen LogP contribution is -2.14. The molecule has 2 N–H and O–H groups in total. The van der Waals surface area contributed by atoms with Gasteiger partial charge in [0.05, 0.1) is 7.11 Å². The van der Waals surface area contributed by atoms with E-state index in [9.17, 15) is 0 Å². The van der Waals surface area contributed by atoms with Crippen molar-refractivity contribution in [3.05, 3.63) is 64.7 Å². The molecule has 2 nitrogen and oxygen atoms in total. The van der Waals surface area contributed by atoms with E-state index in [4.69, 9.17) is 10.5 Å². The van der Waals surface area contributed by atoms with Gasteiger partial charge in [-0.3, -0.25) is 0 Å². The van der Waals surface area contributed by atoms with E-state index in [0.29, 0.717) is 0 Å². The first-order chi connectivity index (χ1) is 9.10. The van der Waals surface area contributed by atoms with Gasteiger partial charge in [0, 0.05) is 6.04 Å². The molecule has 100 valence electrons. The Morgan fingerprint density at radius 2 is 1.63 bits per heavy atom. The van der Waals surface area contributed by atoms with Crippen LogP contribution in [-0.4, -0.2) is 7.11 Å². The largest absolute Gasteiger partial charge is 0.496 e. The second-order valence-corrected chi connectivity index (χ2v) is 5.04. The van der Waals surface area contributed by atoms with Crippen LogP contribution in [0, 0.1) is 13.8 Å². The Labute approximate surface area is 115 Å². The van der Waals surface area contributed by atoms with E-state index in [-0.39, 0.29) is 6.04 Å². The summed E-state index contributed by atoms with van der Waals surface area (Å²) in [5, 5.41) is 0. The van der Waals surface area contributed by atoms with Crippen molar-refractivity contribution in [2.24, 2.45) is 5.73 Å². The SMILES string of the molecule is COc1ccc(C)cc1CC(N)c1ccc(C)cc1. The van der Waals surface area contributed by atoms with Crippen LogP contribution in [-0.2, 0) is 6.42 Å². The molecular weight excluding hydrogens is 234 g/mol. The number of hydrogen-bond acceptors (Lipinski definition) is 2. The molecule has 19 heavy (non-hydrogen) atoms. The molecule has 0 fully saturated rings. The molecule has 0 aliphatic rings. The van der Waals surface area contributed by atoms with E-state index in [2.05, 4.69) is 50.2 Å². The zero-order valence-electron chi connectivity index (χ0n) is 11.8. The molecule has 0 saturated heterocycles. The summed E-state index contributed by atoms with van der Waals surface area (Å²) in [4.78, 5) is 0. The molecule has 2 aromatic rings. The van der Waals surface area contributed by atoms with Crippen LogP contribution in [0.5, 0.6) is 5.75 Å². The molecule has 2 rings (SSSR count). The Balaban J connectivity index is 2.20. The predicted molar refractivity (Wildman–Crippen MR) is 79.5 cm³/mol. The second-order valence-electron chi connectivity index (χ2n) is 5.04. The molecule has 0 aliphatic carbocycles. The van der Waals surface area contributed by atoms with Crippen LogP contribution in [0.25, 0.3) is 0 Å². The third-order valence-corrected chi connectivity index (χ3v) is 3.38. The maximum absolute atomic E-state index is 6.30. The van der Waals surface area contributed by atoms with Crippen molar-refractivity contribution in [3.63, 3.8) is 0 Å². The van der Waals surface area contributed by atoms with Crippen LogP contribution in [0.4, 0.5) is 0 Å². The third kappa shape index (κ3) is 3.36. The fourth-order valence-electron chi connectivity index (χ4n) is 2.24. The van der Waals surface area contributed by atoms with Crippen molar-refractivity contribution in [3.8, 4) is 5.75 Å². The molecule has 2 heteroatoms. The molecule has 0 spiro atoms. The highest BCUT2D eigenvalue weighted by Gasteiger charge is 2.11. The van der Waals surface area contributed by atoms with E-state index >= 15 is 0 Å². The minimum atomic E-state index is -0.00343. The standard InChI is InChI=1S/C17H21NO/c1-12-4-7-14(8-5-12)16(18)11-15-10-13(2)6-9-17(15)19-3/h4-10,16H,11,18H2,1-3H3. The molecule has 0 radical (unpaired) electrons. The summed E-state index contributed by atoms with van der Waals surface area (Å²) in [6, 6.07) is 14.6. The molecule has 0 saturated carbocycles. The zero-order chi connectivity index (χ0) is 13.8. The Bertz CT molecular complexity index is 546. The molecule has 0 aromatic heterocycles. The number of benzene rings is 2. The summed E-state index contributed by atoms with van der Waals surface area (Å²) >= 11 is 0. The van der Waals surface area contributed by atoms with Gasteiger partial charge in [-0.1, -0.05) is 47.5 Å². The number of rotatable bonds is 4. The first-order valence-electron chi connectivity index (χ1n) is 6.56. The van der Waals surface area contributed by atoms with E-state index in [0.717, 1.165) is 23.3 Å². The monoisotopic (exact) mass is 255 g/mol. The fourth-order valence-corrected chi connectivity index (χ4v) is 2.24. The predicted octanol–water partition coefficient (Wildman–Crippen LogP) is 3.55. The lowest BCUT2D eigenvalue weighted by atomic mass is 9.97. The fraction of sp³-hybridized carbons (Fsp3) is 0.294. The van der Waals surface area contributed by atoms with Crippen LogP contribution < -0.4 is 10.5 Å². The Morgan fingerprint density at radius 1 is 1.00 bits per heavy atom. The smallest absolute Gasteiger partial charge is 0.122 e. The highest BCUT2D eigenvalue weighted by atomic mass is 16.5. The number of hydrogen-bond donors (Lipinski definition) is 1. The molecule has 2 aromatic carbocycles. The van der Waals surface area contributed by atoms with Crippen molar-refractivity contribution >= 4 is 0 Å². The molecule has 0 aliphatic heterocycles. The number of ether oxygens (including phenoxy) is 1. The summed E-state index contributed by atoms with van der Waals surface area (Å²) in [6.07, 6.45) is 0.786. The Kier molecular flexibility index (Phi) is 4.23. The molecule has 1 atom stereocenters. The van der Waals surface area contributed by atoms with Gasteiger partial charge in [0.2, 0.25) is 0 Å². The topological polar surface area (TPSA) is 35.2 Å². The van der Waals surface area contributed by atoms with Gasteiger partial charge in [-0.2, -0.15) is 0 Å². The van der Waals surface area contributed by atoms with Gasteiger partial charge in [-0.25, -0.2) is 0 Å². The van der Waals surface area contributed by atoms with Crippen LogP contribution in [0.2, 0.25) is 0 Å². The van der Waals surface area contributed by atoms with E-state index < -0.39 is 0 Å². The van der Waals surface area contributed by atoms with Gasteiger partial charge < -0.3 is 10.5 Å². The van der Waals surface area contributed by atoms with Gasteiger partial charge in [0.15, 0.2) is 0 Å². The van der Waals surface area contributed by atoms with Crippen LogP contribution in [0.3, 0.4) is 0 Å². The van der Waals surface area contributed by atoms with Crippen molar-refractivity contribution < 1.29 is 4.74 Å². The number of nitrogens with two attached hydrogens (primary N) is 1. The summed E-state index contributed by atoms with van der Waals surface area (Å²) in [6.45, 7) is 4.17.